The van der Waals surface area contributed by atoms with E-state index in [2.05, 4.69) is 14.9 Å². The molecule has 1 aromatic carbocycles. The summed E-state index contributed by atoms with van der Waals surface area (Å²) >= 11 is 6.90. The smallest absolute Gasteiger partial charge is 0.416 e. The fraction of sp³-hybridized carbons (Fsp3) is 0.483. The van der Waals surface area contributed by atoms with Gasteiger partial charge in [0.1, 0.15) is 10.8 Å². The third-order valence-corrected chi connectivity index (χ3v) is 11.3. The van der Waals surface area contributed by atoms with Crippen LogP contribution in [0.25, 0.3) is 11.3 Å². The van der Waals surface area contributed by atoms with E-state index in [-0.39, 0.29) is 35.4 Å². The van der Waals surface area contributed by atoms with Gasteiger partial charge in [-0.2, -0.15) is 22.5 Å². The molecule has 3 aromatic rings. The van der Waals surface area contributed by atoms with Crippen molar-refractivity contribution < 1.29 is 31.1 Å². The first-order chi connectivity index (χ1) is 20.5. The highest BCUT2D eigenvalue weighted by molar-refractivity contribution is 7.91. The van der Waals surface area contributed by atoms with Gasteiger partial charge in [-0.25, -0.2) is 13.4 Å². The number of carbonyl (C=O) groups excluding carboxylic acids is 1. The van der Waals surface area contributed by atoms with Crippen molar-refractivity contribution >= 4 is 38.7 Å². The zero-order valence-electron chi connectivity index (χ0n) is 23.4. The topological polar surface area (TPSA) is 92.7 Å². The van der Waals surface area contributed by atoms with Crippen molar-refractivity contribution in [1.29, 1.82) is 0 Å². The zero-order chi connectivity index (χ0) is 30.6. The van der Waals surface area contributed by atoms with E-state index in [0.29, 0.717) is 47.3 Å². The molecule has 2 aromatic heterocycles. The molecule has 0 amide bonds. The Balaban J connectivity index is 1.31. The second kappa shape index (κ2) is 13.6. The number of aryl methyl sites for hydroxylation is 1. The van der Waals surface area contributed by atoms with Gasteiger partial charge in [-0.1, -0.05) is 30.2 Å². The number of hydrogen-bond donors (Lipinski definition) is 0. The number of thiophene rings is 1. The molecular formula is C29H32ClF3N4O4S2. The van der Waals surface area contributed by atoms with Crippen LogP contribution in [0.2, 0.25) is 4.34 Å². The number of hydrogen-bond acceptors (Lipinski definition) is 8. The van der Waals surface area contributed by atoms with Gasteiger partial charge in [0.25, 0.3) is 10.0 Å². The predicted octanol–water partition coefficient (Wildman–Crippen LogP) is 6.10. The van der Waals surface area contributed by atoms with Crippen molar-refractivity contribution in [1.82, 2.24) is 19.2 Å². The molecule has 1 atom stereocenters. The van der Waals surface area contributed by atoms with Crippen molar-refractivity contribution in [2.75, 3.05) is 32.8 Å². The number of nitrogens with zero attached hydrogens (tertiary/aromatic N) is 4. The van der Waals surface area contributed by atoms with E-state index in [1.165, 1.54) is 35.0 Å². The normalized spacial score (nSPS) is 18.7. The minimum Gasteiger partial charge on any atom is -0.462 e. The molecule has 2 aliphatic rings. The van der Waals surface area contributed by atoms with Gasteiger partial charge in [0.2, 0.25) is 0 Å². The first-order valence-electron chi connectivity index (χ1n) is 14.2. The maximum absolute atomic E-state index is 13.3. The molecule has 2 fully saturated rings. The lowest BCUT2D eigenvalue weighted by Gasteiger charge is -2.25. The SMILES string of the molecule is O=C(CCc1cc(-c2ccc(C(F)(F)F)cc2)nc(OCCN2CCCCC2)n1)[C@@H]1CCCN1S(=O)(=O)c1ccc(Cl)s1. The van der Waals surface area contributed by atoms with Crippen LogP contribution in [0, 0.1) is 0 Å². The number of carbonyl (C=O) groups is 1. The maximum Gasteiger partial charge on any atom is 0.416 e. The van der Waals surface area contributed by atoms with E-state index >= 15 is 0 Å². The number of benzene rings is 1. The van der Waals surface area contributed by atoms with E-state index in [4.69, 9.17) is 16.3 Å². The molecule has 2 saturated heterocycles. The Bertz CT molecular complexity index is 1530. The Hall–Kier alpha value is -2.58. The average molecular weight is 657 g/mol. The van der Waals surface area contributed by atoms with Gasteiger partial charge in [0, 0.05) is 30.8 Å². The van der Waals surface area contributed by atoms with Crippen LogP contribution in [-0.4, -0.2) is 72.2 Å². The minimum atomic E-state index is -4.46. The van der Waals surface area contributed by atoms with Gasteiger partial charge < -0.3 is 4.74 Å². The summed E-state index contributed by atoms with van der Waals surface area (Å²) in [6, 6.07) is 8.55. The molecule has 2 aliphatic heterocycles. The van der Waals surface area contributed by atoms with E-state index in [1.807, 2.05) is 0 Å². The van der Waals surface area contributed by atoms with Crippen molar-refractivity contribution in [2.45, 2.75) is 61.4 Å². The minimum absolute atomic E-state index is 0.0264. The van der Waals surface area contributed by atoms with E-state index < -0.39 is 27.8 Å². The van der Waals surface area contributed by atoms with Crippen molar-refractivity contribution in [2.24, 2.45) is 0 Å². The predicted molar refractivity (Wildman–Crippen MR) is 158 cm³/mol. The molecule has 0 spiro atoms. The molecule has 0 unspecified atom stereocenters. The Morgan fingerprint density at radius 3 is 2.44 bits per heavy atom. The fourth-order valence-corrected chi connectivity index (χ4v) is 8.70. The van der Waals surface area contributed by atoms with Crippen LogP contribution in [0.5, 0.6) is 6.01 Å². The number of alkyl halides is 3. The summed E-state index contributed by atoms with van der Waals surface area (Å²) in [5.41, 5.74) is 0.531. The number of ketones is 1. The lowest BCUT2D eigenvalue weighted by atomic mass is 10.0. The molecule has 0 aliphatic carbocycles. The van der Waals surface area contributed by atoms with Gasteiger partial charge in [-0.05, 0) is 75.5 Å². The summed E-state index contributed by atoms with van der Waals surface area (Å²) in [7, 11) is -3.86. The second-order valence-electron chi connectivity index (χ2n) is 10.7. The Kier molecular flexibility index (Phi) is 10.1. The molecule has 0 N–H and O–H groups in total. The second-order valence-corrected chi connectivity index (χ2v) is 14.5. The number of likely N-dealkylation sites (tertiary alicyclic amines) is 1. The standard InChI is InChI=1S/C29H32ClF3N4O4S2/c30-26-12-13-27(42-26)43(39,40)37-16-4-5-24(37)25(38)11-10-22-19-23(20-6-8-21(9-7-20)29(31,32)33)35-28(34-22)41-18-17-36-14-2-1-3-15-36/h6-9,12-13,19,24H,1-5,10-11,14-18H2/t24-/m0/s1. The highest BCUT2D eigenvalue weighted by atomic mass is 35.5. The molecule has 14 heteroatoms. The highest BCUT2D eigenvalue weighted by Crippen LogP contribution is 2.34. The first-order valence-corrected chi connectivity index (χ1v) is 16.8. The molecule has 0 saturated carbocycles. The van der Waals surface area contributed by atoms with Crippen LogP contribution in [0.1, 0.15) is 49.8 Å². The number of aromatic nitrogens is 2. The van der Waals surface area contributed by atoms with E-state index in [1.54, 1.807) is 6.07 Å². The van der Waals surface area contributed by atoms with Crippen LogP contribution in [0.3, 0.4) is 0 Å². The third kappa shape index (κ3) is 7.93. The number of ether oxygens (including phenoxy) is 1. The van der Waals surface area contributed by atoms with Gasteiger partial charge >= 0.3 is 12.2 Å². The number of rotatable bonds is 11. The molecule has 5 rings (SSSR count). The zero-order valence-corrected chi connectivity index (χ0v) is 25.7. The summed E-state index contributed by atoms with van der Waals surface area (Å²) < 4.78 is 73.3. The van der Waals surface area contributed by atoms with Gasteiger partial charge in [-0.3, -0.25) is 9.69 Å². The van der Waals surface area contributed by atoms with E-state index in [0.717, 1.165) is 49.4 Å². The molecule has 8 nitrogen and oxygen atoms in total. The molecule has 0 radical (unpaired) electrons. The number of Topliss-reactive ketones (excluding diaryl/α,β-unsaturated/α-hetero) is 1. The van der Waals surface area contributed by atoms with Crippen LogP contribution in [-0.2, 0) is 27.4 Å². The van der Waals surface area contributed by atoms with Gasteiger partial charge in [-0.15, -0.1) is 11.3 Å². The summed E-state index contributed by atoms with van der Waals surface area (Å²) in [5, 5.41) is 0. The lowest BCUT2D eigenvalue weighted by Crippen LogP contribution is -2.40. The maximum atomic E-state index is 13.3. The number of piperidine rings is 1. The fourth-order valence-electron chi connectivity index (χ4n) is 5.41. The van der Waals surface area contributed by atoms with Crippen LogP contribution in [0.4, 0.5) is 13.2 Å². The van der Waals surface area contributed by atoms with Crippen molar-refractivity contribution in [3.8, 4) is 17.3 Å². The third-order valence-electron chi connectivity index (χ3n) is 7.67. The largest absolute Gasteiger partial charge is 0.462 e. The molecule has 4 heterocycles. The monoisotopic (exact) mass is 656 g/mol. The van der Waals surface area contributed by atoms with Gasteiger partial charge in [0.15, 0.2) is 5.78 Å². The summed E-state index contributed by atoms with van der Waals surface area (Å²) in [5.74, 6) is -0.231. The molecule has 232 valence electrons. The summed E-state index contributed by atoms with van der Waals surface area (Å²) in [6.45, 7) is 3.28. The lowest BCUT2D eigenvalue weighted by molar-refractivity contribution is -0.137. The van der Waals surface area contributed by atoms with Crippen LogP contribution < -0.4 is 4.74 Å². The van der Waals surface area contributed by atoms with Crippen molar-refractivity contribution in [3.63, 3.8) is 0 Å². The number of sulfonamides is 1. The van der Waals surface area contributed by atoms with Crippen LogP contribution in [0.15, 0.2) is 46.7 Å². The molecular weight excluding hydrogens is 625 g/mol. The van der Waals surface area contributed by atoms with Crippen LogP contribution >= 0.6 is 22.9 Å². The Morgan fingerprint density at radius 2 is 1.77 bits per heavy atom. The number of halogens is 4. The molecule has 43 heavy (non-hydrogen) atoms. The quantitative estimate of drug-likeness (QED) is 0.246. The summed E-state index contributed by atoms with van der Waals surface area (Å²) in [6.07, 6.45) is 0.224. The van der Waals surface area contributed by atoms with Crippen molar-refractivity contribution in [3.05, 3.63) is 58.1 Å². The molecule has 0 bridgehead atoms. The summed E-state index contributed by atoms with van der Waals surface area (Å²) in [4.78, 5) is 24.5. The Labute approximate surface area is 257 Å². The Morgan fingerprint density at radius 1 is 1.02 bits per heavy atom. The first kappa shape index (κ1) is 31.8. The van der Waals surface area contributed by atoms with Gasteiger partial charge in [0.05, 0.1) is 21.6 Å². The van der Waals surface area contributed by atoms with E-state index in [9.17, 15) is 26.4 Å². The average Bonchev–Trinajstić information content (AvgIpc) is 3.67. The highest BCUT2D eigenvalue weighted by Gasteiger charge is 2.39.